The molecule has 2 amide bonds. The Morgan fingerprint density at radius 3 is 2.35 bits per heavy atom. The number of rotatable bonds is 6. The van der Waals surface area contributed by atoms with Crippen molar-refractivity contribution in [2.24, 2.45) is 5.41 Å². The second-order valence-electron chi connectivity index (χ2n) is 9.81. The van der Waals surface area contributed by atoms with E-state index in [0.29, 0.717) is 19.1 Å². The Labute approximate surface area is 186 Å². The molecular weight excluding hydrogens is 388 g/mol. The van der Waals surface area contributed by atoms with E-state index in [2.05, 4.69) is 62.6 Å². The predicted molar refractivity (Wildman–Crippen MR) is 126 cm³/mol. The topological polar surface area (TPSA) is 70.6 Å². The van der Waals surface area contributed by atoms with Gasteiger partial charge in [-0.1, -0.05) is 52.0 Å². The van der Waals surface area contributed by atoms with Crippen LogP contribution in [0.5, 0.6) is 5.75 Å². The number of hydrogen-bond acceptors (Lipinski definition) is 3. The Morgan fingerprint density at radius 1 is 1.13 bits per heavy atom. The van der Waals surface area contributed by atoms with Crippen LogP contribution in [-0.2, 0) is 0 Å². The molecule has 1 heterocycles. The Bertz CT molecular complexity index is 962. The van der Waals surface area contributed by atoms with Crippen LogP contribution in [0.3, 0.4) is 0 Å². The molecular formula is C26H36N2O3. The highest BCUT2D eigenvalue weighted by Crippen LogP contribution is 2.46. The molecule has 0 spiro atoms. The highest BCUT2D eigenvalue weighted by atomic mass is 16.5. The van der Waals surface area contributed by atoms with Crippen LogP contribution in [-0.4, -0.2) is 30.9 Å². The minimum Gasteiger partial charge on any atom is -0.492 e. The fraction of sp³-hybridized carbons (Fsp3) is 0.500. The summed E-state index contributed by atoms with van der Waals surface area (Å²) in [5, 5.41) is 15.4. The Kier molecular flexibility index (Phi) is 6.65. The van der Waals surface area contributed by atoms with Gasteiger partial charge in [0, 0.05) is 35.7 Å². The zero-order valence-electron chi connectivity index (χ0n) is 19.8. The lowest BCUT2D eigenvalue weighted by Crippen LogP contribution is -2.38. The van der Waals surface area contributed by atoms with Crippen molar-refractivity contribution < 1.29 is 14.6 Å². The van der Waals surface area contributed by atoms with Crippen LogP contribution in [0.25, 0.3) is 0 Å². The summed E-state index contributed by atoms with van der Waals surface area (Å²) in [4.78, 5) is 12.6. The van der Waals surface area contributed by atoms with Gasteiger partial charge in [-0.3, -0.25) is 0 Å². The van der Waals surface area contributed by atoms with Crippen LogP contribution in [0.1, 0.15) is 72.9 Å². The van der Waals surface area contributed by atoms with Crippen molar-refractivity contribution in [2.75, 3.05) is 25.1 Å². The first-order chi connectivity index (χ1) is 14.6. The fourth-order valence-corrected chi connectivity index (χ4v) is 4.10. The zero-order valence-corrected chi connectivity index (χ0v) is 19.8. The molecule has 1 atom stereocenters. The third-order valence-corrected chi connectivity index (χ3v) is 6.44. The maximum absolute atomic E-state index is 12.6. The summed E-state index contributed by atoms with van der Waals surface area (Å²) in [5.41, 5.74) is 7.31. The van der Waals surface area contributed by atoms with Gasteiger partial charge >= 0.3 is 6.03 Å². The van der Waals surface area contributed by atoms with E-state index in [1.807, 2.05) is 20.8 Å². The lowest BCUT2D eigenvalue weighted by atomic mass is 9.86. The highest BCUT2D eigenvalue weighted by molar-refractivity contribution is 5.92. The molecule has 0 fully saturated rings. The maximum Gasteiger partial charge on any atom is 0.319 e. The van der Waals surface area contributed by atoms with Gasteiger partial charge in [-0.25, -0.2) is 4.79 Å². The third-order valence-electron chi connectivity index (χ3n) is 6.44. The summed E-state index contributed by atoms with van der Waals surface area (Å²) in [7, 11) is 0. The van der Waals surface area contributed by atoms with Gasteiger partial charge in [0.05, 0.1) is 6.61 Å². The summed E-state index contributed by atoms with van der Waals surface area (Å²) in [5.74, 6) is 1.59. The van der Waals surface area contributed by atoms with Gasteiger partial charge in [-0.05, 0) is 54.5 Å². The Hall–Kier alpha value is -2.53. The first-order valence-corrected chi connectivity index (χ1v) is 11.1. The number of aliphatic hydroxyl groups is 1. The lowest BCUT2D eigenvalue weighted by molar-refractivity contribution is 0.158. The van der Waals surface area contributed by atoms with Gasteiger partial charge in [0.25, 0.3) is 0 Å². The number of ether oxygens (including phenoxy) is 1. The van der Waals surface area contributed by atoms with E-state index < -0.39 is 0 Å². The van der Waals surface area contributed by atoms with E-state index in [1.165, 1.54) is 11.1 Å². The van der Waals surface area contributed by atoms with Crippen molar-refractivity contribution in [3.05, 3.63) is 57.6 Å². The molecule has 2 aromatic rings. The van der Waals surface area contributed by atoms with Gasteiger partial charge in [-0.15, -0.1) is 0 Å². The summed E-state index contributed by atoms with van der Waals surface area (Å²) < 4.78 is 6.15. The lowest BCUT2D eigenvalue weighted by Gasteiger charge is -2.23. The average molecular weight is 425 g/mol. The summed E-state index contributed by atoms with van der Waals surface area (Å²) in [6, 6.07) is 8.53. The van der Waals surface area contributed by atoms with Crippen LogP contribution in [0.4, 0.5) is 10.5 Å². The molecule has 5 heteroatoms. The number of urea groups is 1. The first-order valence-electron chi connectivity index (χ1n) is 11.1. The molecule has 31 heavy (non-hydrogen) atoms. The van der Waals surface area contributed by atoms with E-state index in [-0.39, 0.29) is 24.0 Å². The maximum atomic E-state index is 12.6. The molecule has 0 aliphatic carbocycles. The van der Waals surface area contributed by atoms with E-state index >= 15 is 0 Å². The number of benzene rings is 2. The van der Waals surface area contributed by atoms with Crippen LogP contribution in [0, 0.1) is 26.2 Å². The molecule has 1 aliphatic rings. The monoisotopic (exact) mass is 424 g/mol. The van der Waals surface area contributed by atoms with Gasteiger partial charge in [0.1, 0.15) is 5.75 Å². The molecule has 0 aromatic heterocycles. The molecule has 0 bridgehead atoms. The van der Waals surface area contributed by atoms with Crippen molar-refractivity contribution in [3.63, 3.8) is 0 Å². The highest BCUT2D eigenvalue weighted by Gasteiger charge is 2.32. The molecule has 3 N–H and O–H groups in total. The van der Waals surface area contributed by atoms with Crippen LogP contribution in [0.2, 0.25) is 0 Å². The minimum atomic E-state index is -0.365. The number of fused-ring (bicyclic) bond motifs is 1. The molecule has 1 unspecified atom stereocenters. The summed E-state index contributed by atoms with van der Waals surface area (Å²) >= 11 is 0. The van der Waals surface area contributed by atoms with Crippen LogP contribution in [0.15, 0.2) is 24.3 Å². The largest absolute Gasteiger partial charge is 0.492 e. The number of anilines is 1. The zero-order chi connectivity index (χ0) is 22.9. The molecule has 168 valence electrons. The molecule has 0 saturated heterocycles. The minimum absolute atomic E-state index is 0.0118. The quantitative estimate of drug-likeness (QED) is 0.581. The fourth-order valence-electron chi connectivity index (χ4n) is 4.10. The van der Waals surface area contributed by atoms with E-state index in [4.69, 9.17) is 4.74 Å². The van der Waals surface area contributed by atoms with Gasteiger partial charge in [0.2, 0.25) is 0 Å². The van der Waals surface area contributed by atoms with Gasteiger partial charge in [-0.2, -0.15) is 0 Å². The van der Waals surface area contributed by atoms with Crippen molar-refractivity contribution >= 4 is 11.7 Å². The number of carbonyl (C=O) groups excluding carboxylic acids is 1. The molecule has 5 nitrogen and oxygen atoms in total. The molecule has 0 saturated carbocycles. The smallest absolute Gasteiger partial charge is 0.319 e. The number of carbonyl (C=O) groups is 1. The second kappa shape index (κ2) is 8.91. The number of nitrogens with one attached hydrogen (secondary N) is 2. The van der Waals surface area contributed by atoms with E-state index in [1.54, 1.807) is 0 Å². The Balaban J connectivity index is 1.91. The normalized spacial score (nSPS) is 15.6. The van der Waals surface area contributed by atoms with Crippen LogP contribution >= 0.6 is 0 Å². The average Bonchev–Trinajstić information content (AvgIpc) is 3.19. The number of amides is 2. The Morgan fingerprint density at radius 2 is 1.77 bits per heavy atom. The standard InChI is InChI=1S/C26H36N2O3/c1-15(2)19-8-10-20(11-9-19)21-12-31-24-17(4)16(3)23(18(5)22(21)24)28-25(30)27-13-26(6,7)14-29/h8-11,15,21,29H,12-14H2,1-7H3,(H2,27,28,30). The number of aliphatic hydroxyl groups excluding tert-OH is 1. The molecule has 0 radical (unpaired) electrons. The SMILES string of the molecule is Cc1c(C)c2c(c(C)c1NC(=O)NCC(C)(C)CO)C(c1ccc(C(C)C)cc1)CO2. The van der Waals surface area contributed by atoms with Crippen molar-refractivity contribution in [1.29, 1.82) is 0 Å². The van der Waals surface area contributed by atoms with E-state index in [9.17, 15) is 9.90 Å². The van der Waals surface area contributed by atoms with E-state index in [0.717, 1.165) is 33.7 Å². The summed E-state index contributed by atoms with van der Waals surface area (Å²) in [6.07, 6.45) is 0. The second-order valence-corrected chi connectivity index (χ2v) is 9.81. The first kappa shape index (κ1) is 23.1. The molecule has 1 aliphatic heterocycles. The molecule has 3 rings (SSSR count). The molecule has 2 aromatic carbocycles. The van der Waals surface area contributed by atoms with Gasteiger partial charge < -0.3 is 20.5 Å². The van der Waals surface area contributed by atoms with Crippen molar-refractivity contribution in [2.45, 2.75) is 60.3 Å². The predicted octanol–water partition coefficient (Wildman–Crippen LogP) is 5.40. The van der Waals surface area contributed by atoms with Crippen LogP contribution < -0.4 is 15.4 Å². The van der Waals surface area contributed by atoms with Gasteiger partial charge in [0.15, 0.2) is 0 Å². The van der Waals surface area contributed by atoms with Crippen molar-refractivity contribution in [1.82, 2.24) is 5.32 Å². The summed E-state index contributed by atoms with van der Waals surface area (Å²) in [6.45, 7) is 15.4. The number of hydrogen-bond donors (Lipinski definition) is 3. The van der Waals surface area contributed by atoms with Crippen molar-refractivity contribution in [3.8, 4) is 5.75 Å². The third kappa shape index (κ3) is 4.72.